The van der Waals surface area contributed by atoms with E-state index in [9.17, 15) is 22.4 Å². The summed E-state index contributed by atoms with van der Waals surface area (Å²) in [5.74, 6) is -1.90. The lowest BCUT2D eigenvalue weighted by molar-refractivity contribution is -0.140. The zero-order valence-corrected chi connectivity index (χ0v) is 20.2. The number of ether oxygens (including phenoxy) is 1. The number of pyridine rings is 2. The lowest BCUT2D eigenvalue weighted by Crippen LogP contribution is -2.27. The van der Waals surface area contributed by atoms with Gasteiger partial charge in [0.15, 0.2) is 14.9 Å². The number of amides is 1. The lowest BCUT2D eigenvalue weighted by atomic mass is 10.1. The number of methoxy groups -OCH3 is 1. The van der Waals surface area contributed by atoms with Crippen LogP contribution in [-0.4, -0.2) is 52.9 Å². The Morgan fingerprint density at radius 1 is 1.14 bits per heavy atom. The van der Waals surface area contributed by atoms with Crippen LogP contribution in [0.4, 0.5) is 4.39 Å². The molecule has 4 aromatic rings. The molecule has 0 aliphatic carbocycles. The van der Waals surface area contributed by atoms with Crippen molar-refractivity contribution in [3.8, 4) is 5.69 Å². The molecule has 10 nitrogen and oxygen atoms in total. The summed E-state index contributed by atoms with van der Waals surface area (Å²) in [4.78, 5) is 32.5. The van der Waals surface area contributed by atoms with Gasteiger partial charge in [0.2, 0.25) is 0 Å². The van der Waals surface area contributed by atoms with Gasteiger partial charge in [0.1, 0.15) is 5.82 Å². The first-order chi connectivity index (χ1) is 17.2. The van der Waals surface area contributed by atoms with Crippen LogP contribution >= 0.6 is 0 Å². The Bertz CT molecular complexity index is 1540. The molecule has 0 aliphatic heterocycles. The first kappa shape index (κ1) is 24.9. The molecule has 1 atom stereocenters. The van der Waals surface area contributed by atoms with E-state index in [1.807, 2.05) is 0 Å². The number of hydrogen-bond acceptors (Lipinski definition) is 8. The summed E-state index contributed by atoms with van der Waals surface area (Å²) in [6.45, 7) is 1.70. The molecule has 0 fully saturated rings. The summed E-state index contributed by atoms with van der Waals surface area (Å²) in [5, 5.41) is 7.50. The van der Waals surface area contributed by atoms with E-state index in [0.29, 0.717) is 22.2 Å². The van der Waals surface area contributed by atoms with Gasteiger partial charge in [0.05, 0.1) is 54.5 Å². The van der Waals surface area contributed by atoms with E-state index in [-0.39, 0.29) is 22.8 Å². The monoisotopic (exact) mass is 511 g/mol. The lowest BCUT2D eigenvalue weighted by Gasteiger charge is -2.15. The molecule has 1 aromatic carbocycles. The van der Waals surface area contributed by atoms with Crippen molar-refractivity contribution in [2.24, 2.45) is 0 Å². The molecule has 1 amide bonds. The highest BCUT2D eigenvalue weighted by atomic mass is 32.2. The van der Waals surface area contributed by atoms with Gasteiger partial charge < -0.3 is 10.1 Å². The predicted octanol–water partition coefficient (Wildman–Crippen LogP) is 2.78. The zero-order chi connectivity index (χ0) is 25.9. The Balaban J connectivity index is 1.55. The molecule has 1 N–H and O–H groups in total. The van der Waals surface area contributed by atoms with Crippen LogP contribution in [-0.2, 0) is 19.4 Å². The topological polar surface area (TPSA) is 133 Å². The largest absolute Gasteiger partial charge is 0.469 e. The quantitative estimate of drug-likeness (QED) is 0.357. The molecule has 0 radical (unpaired) electrons. The molecule has 0 saturated carbocycles. The second kappa shape index (κ2) is 10.2. The molecular weight excluding hydrogens is 489 g/mol. The van der Waals surface area contributed by atoms with E-state index < -0.39 is 33.5 Å². The fourth-order valence-electron chi connectivity index (χ4n) is 3.56. The van der Waals surface area contributed by atoms with Gasteiger partial charge in [-0.05, 0) is 48.9 Å². The van der Waals surface area contributed by atoms with Crippen molar-refractivity contribution in [2.75, 3.05) is 12.9 Å². The fourth-order valence-corrected chi connectivity index (χ4v) is 4.74. The van der Waals surface area contributed by atoms with Crippen LogP contribution in [0.1, 0.15) is 35.3 Å². The SMILES string of the molecule is COC(=O)CCS(=O)(=O)c1cc(C(C)NC(=O)c2cncc3c2cnn3-c2ccc(F)cc2)ccn1. The highest BCUT2D eigenvalue weighted by molar-refractivity contribution is 7.91. The first-order valence-electron chi connectivity index (χ1n) is 10.8. The maximum absolute atomic E-state index is 13.3. The standard InChI is InChI=1S/C24H22FN5O5S/c1-15(16-7-9-27-22(11-16)36(33,34)10-8-23(31)35-2)29-24(32)20-12-26-14-21-19(20)13-28-30(21)18-5-3-17(25)4-6-18/h3-7,9,11-15H,8,10H2,1-2H3,(H,29,32). The van der Waals surface area contributed by atoms with Crippen molar-refractivity contribution < 1.29 is 27.1 Å². The number of nitrogens with zero attached hydrogens (tertiary/aromatic N) is 4. The van der Waals surface area contributed by atoms with Gasteiger partial charge in [0, 0.05) is 17.8 Å². The Labute approximate surface area is 206 Å². The van der Waals surface area contributed by atoms with Crippen LogP contribution in [0, 0.1) is 5.82 Å². The molecule has 1 unspecified atom stereocenters. The normalized spacial score (nSPS) is 12.3. The van der Waals surface area contributed by atoms with E-state index in [0.717, 1.165) is 0 Å². The number of hydrogen-bond donors (Lipinski definition) is 1. The molecule has 0 spiro atoms. The number of esters is 1. The van der Waals surface area contributed by atoms with Gasteiger partial charge in [-0.3, -0.25) is 14.6 Å². The average Bonchev–Trinajstić information content (AvgIpc) is 3.32. The van der Waals surface area contributed by atoms with Crippen LogP contribution in [0.2, 0.25) is 0 Å². The van der Waals surface area contributed by atoms with Crippen molar-refractivity contribution >= 4 is 32.6 Å². The zero-order valence-electron chi connectivity index (χ0n) is 19.4. The fraction of sp³-hybridized carbons (Fsp3) is 0.208. The van der Waals surface area contributed by atoms with E-state index in [1.54, 1.807) is 36.0 Å². The first-order valence-corrected chi connectivity index (χ1v) is 12.5. The minimum absolute atomic E-state index is 0.200. The van der Waals surface area contributed by atoms with Crippen LogP contribution in [0.5, 0.6) is 0 Å². The molecule has 3 heterocycles. The third kappa shape index (κ3) is 5.23. The minimum atomic E-state index is -3.83. The van der Waals surface area contributed by atoms with Crippen molar-refractivity contribution in [1.29, 1.82) is 0 Å². The minimum Gasteiger partial charge on any atom is -0.469 e. The summed E-state index contributed by atoms with van der Waals surface area (Å²) in [7, 11) is -2.64. The van der Waals surface area contributed by atoms with E-state index >= 15 is 0 Å². The summed E-state index contributed by atoms with van der Waals surface area (Å²) in [6.07, 6.45) is 5.53. The molecule has 0 bridgehead atoms. The second-order valence-electron chi connectivity index (χ2n) is 7.92. The van der Waals surface area contributed by atoms with Crippen molar-refractivity contribution in [2.45, 2.75) is 24.4 Å². The Hall–Kier alpha value is -4.19. The molecule has 3 aromatic heterocycles. The third-order valence-corrected chi connectivity index (χ3v) is 7.14. The van der Waals surface area contributed by atoms with Crippen LogP contribution in [0.3, 0.4) is 0 Å². The summed E-state index contributed by atoms with van der Waals surface area (Å²) in [6, 6.07) is 8.14. The Morgan fingerprint density at radius 3 is 2.61 bits per heavy atom. The Morgan fingerprint density at radius 2 is 1.89 bits per heavy atom. The maximum atomic E-state index is 13.3. The van der Waals surface area contributed by atoms with Crippen LogP contribution < -0.4 is 5.32 Å². The summed E-state index contributed by atoms with van der Waals surface area (Å²) in [5.41, 5.74) is 1.95. The van der Waals surface area contributed by atoms with Gasteiger partial charge >= 0.3 is 5.97 Å². The number of nitrogens with one attached hydrogen (secondary N) is 1. The number of fused-ring (bicyclic) bond motifs is 1. The number of benzene rings is 1. The smallest absolute Gasteiger partial charge is 0.306 e. The number of aromatic nitrogens is 4. The van der Waals surface area contributed by atoms with Gasteiger partial charge in [-0.25, -0.2) is 22.5 Å². The summed E-state index contributed by atoms with van der Waals surface area (Å²) < 4.78 is 44.5. The average molecular weight is 512 g/mol. The molecule has 0 aliphatic rings. The van der Waals surface area contributed by atoms with Gasteiger partial charge in [-0.15, -0.1) is 0 Å². The molecule has 36 heavy (non-hydrogen) atoms. The third-order valence-electron chi connectivity index (χ3n) is 5.54. The predicted molar refractivity (Wildman–Crippen MR) is 128 cm³/mol. The van der Waals surface area contributed by atoms with E-state index in [4.69, 9.17) is 0 Å². The van der Waals surface area contributed by atoms with Crippen LogP contribution in [0.15, 0.2) is 66.2 Å². The van der Waals surface area contributed by atoms with Crippen molar-refractivity contribution in [1.82, 2.24) is 25.1 Å². The van der Waals surface area contributed by atoms with Gasteiger partial charge in [-0.2, -0.15) is 5.10 Å². The van der Waals surface area contributed by atoms with Crippen molar-refractivity contribution in [3.05, 3.63) is 78.1 Å². The molecule has 12 heteroatoms. The number of sulfone groups is 1. The van der Waals surface area contributed by atoms with Crippen LogP contribution in [0.25, 0.3) is 16.6 Å². The second-order valence-corrected chi connectivity index (χ2v) is 9.98. The van der Waals surface area contributed by atoms with Crippen molar-refractivity contribution in [3.63, 3.8) is 0 Å². The molecule has 4 rings (SSSR count). The Kier molecular flexibility index (Phi) is 7.06. The van der Waals surface area contributed by atoms with Gasteiger partial charge in [0.25, 0.3) is 5.91 Å². The highest BCUT2D eigenvalue weighted by Crippen LogP contribution is 2.23. The highest BCUT2D eigenvalue weighted by Gasteiger charge is 2.21. The maximum Gasteiger partial charge on any atom is 0.306 e. The number of rotatable bonds is 8. The molecule has 0 saturated heterocycles. The molecule has 186 valence electrons. The molecular formula is C24H22FN5O5S. The summed E-state index contributed by atoms with van der Waals surface area (Å²) >= 11 is 0. The number of halogens is 1. The van der Waals surface area contributed by atoms with E-state index in [2.05, 4.69) is 25.1 Å². The number of carbonyl (C=O) groups excluding carboxylic acids is 2. The number of carbonyl (C=O) groups is 2. The van der Waals surface area contributed by atoms with Gasteiger partial charge in [-0.1, -0.05) is 0 Å². The van der Waals surface area contributed by atoms with E-state index in [1.165, 1.54) is 43.9 Å².